The molecule has 0 aliphatic carbocycles. The van der Waals surface area contributed by atoms with E-state index in [4.69, 9.17) is 18.4 Å². The summed E-state index contributed by atoms with van der Waals surface area (Å²) in [6.45, 7) is 0. The van der Waals surface area contributed by atoms with Crippen molar-refractivity contribution in [3.05, 3.63) is 103 Å². The predicted molar refractivity (Wildman–Crippen MR) is 174 cm³/mol. The summed E-state index contributed by atoms with van der Waals surface area (Å²) in [5.41, 5.74) is 8.00. The second-order valence-corrected chi connectivity index (χ2v) is 13.0. The third kappa shape index (κ3) is 7.51. The molecular formula is C30H21N5O9S3. The number of benzene rings is 6. The third-order valence-electron chi connectivity index (χ3n) is 6.83. The van der Waals surface area contributed by atoms with E-state index in [1.54, 1.807) is 18.2 Å². The molecule has 17 heteroatoms. The largest absolute Gasteiger partial charge is 0.425 e. The van der Waals surface area contributed by atoms with Crippen LogP contribution in [0.1, 0.15) is 0 Å². The average Bonchev–Trinajstić information content (AvgIpc) is 3.02. The van der Waals surface area contributed by atoms with Crippen LogP contribution in [0.3, 0.4) is 0 Å². The van der Waals surface area contributed by atoms with Crippen LogP contribution in [0.4, 0.5) is 28.4 Å². The van der Waals surface area contributed by atoms with Crippen molar-refractivity contribution in [2.24, 2.45) is 20.5 Å². The Labute approximate surface area is 268 Å². The van der Waals surface area contributed by atoms with Crippen molar-refractivity contribution < 1.29 is 38.6 Å². The number of azo groups is 2. The number of nitrogens with two attached hydrogens (primary N) is 1. The highest BCUT2D eigenvalue weighted by atomic mass is 32.2. The van der Waals surface area contributed by atoms with Crippen LogP contribution < -0.4 is 5.73 Å². The number of anilines is 1. The molecule has 6 aromatic carbocycles. The van der Waals surface area contributed by atoms with E-state index in [1.807, 2.05) is 42.5 Å². The molecule has 0 aromatic heterocycles. The van der Waals surface area contributed by atoms with Gasteiger partial charge < -0.3 is 5.73 Å². The van der Waals surface area contributed by atoms with Crippen molar-refractivity contribution in [3.8, 4) is 0 Å². The normalized spacial score (nSPS) is 12.1. The van der Waals surface area contributed by atoms with Gasteiger partial charge >= 0.3 is 10.6 Å². The van der Waals surface area contributed by atoms with Gasteiger partial charge in [0.1, 0.15) is 0 Å². The monoisotopic (exact) mass is 691 g/mol. The van der Waals surface area contributed by atoms with Gasteiger partial charge in [-0.15, -0.1) is 33.1 Å². The Bertz CT molecular complexity index is 2600. The molecule has 238 valence electrons. The lowest BCUT2D eigenvalue weighted by Gasteiger charge is -2.08. The van der Waals surface area contributed by atoms with Gasteiger partial charge in [0, 0.05) is 32.6 Å². The van der Waals surface area contributed by atoms with Gasteiger partial charge in [0.05, 0.1) is 32.5 Å². The highest BCUT2D eigenvalue weighted by Gasteiger charge is 2.15. The molecule has 0 fully saturated rings. The molecule has 0 spiro atoms. The van der Waals surface area contributed by atoms with Crippen LogP contribution in [0, 0.1) is 0 Å². The molecule has 0 saturated carbocycles. The summed E-state index contributed by atoms with van der Waals surface area (Å²) < 4.78 is 91.6. The molecular weight excluding hydrogens is 671 g/mol. The van der Waals surface area contributed by atoms with Gasteiger partial charge in [0.25, 0.3) is 20.2 Å². The molecule has 4 N–H and O–H groups in total. The van der Waals surface area contributed by atoms with Crippen LogP contribution in [-0.2, 0) is 30.8 Å². The van der Waals surface area contributed by atoms with Crippen LogP contribution >= 0.6 is 0 Å². The summed E-state index contributed by atoms with van der Waals surface area (Å²) >= 11 is 0. The Morgan fingerprint density at radius 1 is 0.489 bits per heavy atom. The Kier molecular flexibility index (Phi) is 9.18. The second kappa shape index (κ2) is 13.1. The maximum Gasteiger partial charge on any atom is 0.425 e. The fourth-order valence-corrected chi connectivity index (χ4v) is 5.74. The predicted octanol–water partition coefficient (Wildman–Crippen LogP) is 7.05. The number of fused-ring (bicyclic) bond motifs is 3. The number of hydrogen-bond acceptors (Lipinski definition) is 12. The van der Waals surface area contributed by atoms with Crippen LogP contribution in [0.15, 0.2) is 133 Å². The van der Waals surface area contributed by atoms with Gasteiger partial charge in [-0.05, 0) is 60.0 Å². The van der Waals surface area contributed by atoms with E-state index in [9.17, 15) is 25.9 Å². The molecule has 6 rings (SSSR count). The SMILES string of the molecule is Nc1ccc(N=Nc2ccc(N=Nc3cccc4ccccc34)c3ccc(S(=O)(=O)O)cc23)c2ccc(S(=O)(=O)O)cc12.O=S(=O)=O. The fraction of sp³-hybridized carbons (Fsp3) is 0. The van der Waals surface area contributed by atoms with Crippen molar-refractivity contribution in [2.45, 2.75) is 9.79 Å². The Morgan fingerprint density at radius 2 is 0.915 bits per heavy atom. The quantitative estimate of drug-likeness (QED) is 0.0914. The first-order valence-electron chi connectivity index (χ1n) is 13.1. The van der Waals surface area contributed by atoms with E-state index < -0.39 is 30.8 Å². The Balaban J connectivity index is 0.00000103. The van der Waals surface area contributed by atoms with Gasteiger partial charge in [-0.2, -0.15) is 16.8 Å². The van der Waals surface area contributed by atoms with Crippen molar-refractivity contribution in [1.82, 2.24) is 0 Å². The summed E-state index contributed by atoms with van der Waals surface area (Å²) in [6.07, 6.45) is 0. The van der Waals surface area contributed by atoms with Crippen molar-refractivity contribution in [3.63, 3.8) is 0 Å². The van der Waals surface area contributed by atoms with E-state index in [1.165, 1.54) is 42.5 Å². The van der Waals surface area contributed by atoms with Gasteiger partial charge in [0.2, 0.25) is 0 Å². The Hall–Kier alpha value is -5.46. The lowest BCUT2D eigenvalue weighted by Crippen LogP contribution is -1.98. The minimum absolute atomic E-state index is 0.267. The number of nitrogen functional groups attached to an aromatic ring is 1. The molecule has 0 saturated heterocycles. The van der Waals surface area contributed by atoms with E-state index in [0.717, 1.165) is 10.8 Å². The first kappa shape index (κ1) is 32.9. The fourth-order valence-electron chi connectivity index (χ4n) is 4.72. The first-order chi connectivity index (χ1) is 22.2. The molecule has 0 amide bonds. The zero-order valence-electron chi connectivity index (χ0n) is 23.7. The summed E-state index contributed by atoms with van der Waals surface area (Å²) in [5, 5.41) is 21.1. The van der Waals surface area contributed by atoms with Crippen molar-refractivity contribution in [1.29, 1.82) is 0 Å². The molecule has 0 unspecified atom stereocenters. The number of rotatable bonds is 6. The zero-order valence-corrected chi connectivity index (χ0v) is 26.1. The smallest absolute Gasteiger partial charge is 0.398 e. The summed E-state index contributed by atoms with van der Waals surface area (Å²) in [7, 11) is -12.1. The lowest BCUT2D eigenvalue weighted by atomic mass is 10.1. The lowest BCUT2D eigenvalue weighted by molar-refractivity contribution is 0.481. The van der Waals surface area contributed by atoms with Crippen molar-refractivity contribution >= 4 is 91.6 Å². The second-order valence-electron chi connectivity index (χ2n) is 9.75. The van der Waals surface area contributed by atoms with E-state index >= 15 is 0 Å². The van der Waals surface area contributed by atoms with E-state index in [-0.39, 0.29) is 21.2 Å². The van der Waals surface area contributed by atoms with Crippen LogP contribution in [-0.4, -0.2) is 38.6 Å². The maximum absolute atomic E-state index is 12.0. The van der Waals surface area contributed by atoms with Crippen molar-refractivity contribution in [2.75, 3.05) is 5.73 Å². The molecule has 0 aliphatic rings. The zero-order chi connectivity index (χ0) is 33.9. The summed E-state index contributed by atoms with van der Waals surface area (Å²) in [4.78, 5) is -0.659. The van der Waals surface area contributed by atoms with Gasteiger partial charge in [-0.25, -0.2) is 0 Å². The molecule has 14 nitrogen and oxygen atoms in total. The van der Waals surface area contributed by atoms with E-state index in [2.05, 4.69) is 20.5 Å². The molecule has 0 radical (unpaired) electrons. The minimum atomic E-state index is -4.53. The van der Waals surface area contributed by atoms with Crippen LogP contribution in [0.2, 0.25) is 0 Å². The molecule has 0 bridgehead atoms. The summed E-state index contributed by atoms with van der Waals surface area (Å²) in [5.74, 6) is 0. The highest BCUT2D eigenvalue weighted by molar-refractivity contribution is 7.86. The van der Waals surface area contributed by atoms with Crippen LogP contribution in [0.5, 0.6) is 0 Å². The highest BCUT2D eigenvalue weighted by Crippen LogP contribution is 2.39. The summed E-state index contributed by atoms with van der Waals surface area (Å²) in [6, 6.07) is 27.8. The maximum atomic E-state index is 12.0. The molecule has 6 aromatic rings. The van der Waals surface area contributed by atoms with Gasteiger partial charge in [-0.1, -0.05) is 48.5 Å². The third-order valence-corrected chi connectivity index (χ3v) is 8.53. The average molecular weight is 692 g/mol. The van der Waals surface area contributed by atoms with E-state index in [0.29, 0.717) is 38.6 Å². The van der Waals surface area contributed by atoms with Crippen LogP contribution in [0.25, 0.3) is 32.3 Å². The van der Waals surface area contributed by atoms with Gasteiger partial charge in [-0.3, -0.25) is 9.11 Å². The molecule has 0 heterocycles. The minimum Gasteiger partial charge on any atom is -0.398 e. The van der Waals surface area contributed by atoms with Gasteiger partial charge in [0.15, 0.2) is 0 Å². The molecule has 47 heavy (non-hydrogen) atoms. The Morgan fingerprint density at radius 3 is 1.47 bits per heavy atom. The first-order valence-corrected chi connectivity index (χ1v) is 17.0. The topological polar surface area (TPSA) is 235 Å². The number of nitrogens with zero attached hydrogens (tertiary/aromatic N) is 4. The molecule has 0 aliphatic heterocycles. The molecule has 0 atom stereocenters. The number of hydrogen-bond donors (Lipinski definition) is 3. The standard InChI is InChI=1S/C30H21N5O6S2.O3S/c31-26-12-13-28(22-10-8-19(16-24(22)26)42(36,37)38)33-35-30-15-14-29(23-11-9-20(17-25(23)30)43(39,40)41)34-32-27-7-3-5-18-4-1-2-6-21(18)27;1-4(2)3/h1-17H,31H2,(H,36,37,38)(H,39,40,41);.